The lowest BCUT2D eigenvalue weighted by molar-refractivity contribution is -0.123. The molecule has 8 heteroatoms. The van der Waals surface area contributed by atoms with Crippen LogP contribution in [0, 0.1) is 0 Å². The molecule has 1 atom stereocenters. The molecule has 0 radical (unpaired) electrons. The predicted molar refractivity (Wildman–Crippen MR) is 115 cm³/mol. The van der Waals surface area contributed by atoms with E-state index < -0.39 is 17.5 Å². The highest BCUT2D eigenvalue weighted by Gasteiger charge is 2.35. The Morgan fingerprint density at radius 3 is 2.41 bits per heavy atom. The van der Waals surface area contributed by atoms with Crippen molar-refractivity contribution < 1.29 is 9.59 Å². The molecule has 0 spiro atoms. The molecular weight excluding hydrogens is 408 g/mol. The molecule has 0 bridgehead atoms. The van der Waals surface area contributed by atoms with Crippen molar-refractivity contribution in [2.24, 2.45) is 0 Å². The second kappa shape index (κ2) is 8.71. The molecule has 0 saturated carbocycles. The largest absolute Gasteiger partial charge is 0.349 e. The van der Waals surface area contributed by atoms with Gasteiger partial charge in [0.05, 0.1) is 0 Å². The third-order valence-electron chi connectivity index (χ3n) is 4.00. The van der Waals surface area contributed by atoms with Gasteiger partial charge in [0.25, 0.3) is 5.91 Å². The van der Waals surface area contributed by atoms with Crippen molar-refractivity contribution in [1.82, 2.24) is 14.9 Å². The summed E-state index contributed by atoms with van der Waals surface area (Å²) in [6.07, 6.45) is 0. The highest BCUT2D eigenvalue weighted by Crippen LogP contribution is 2.31. The minimum absolute atomic E-state index is 0.166. The zero-order valence-corrected chi connectivity index (χ0v) is 17.9. The molecule has 150 valence electrons. The summed E-state index contributed by atoms with van der Waals surface area (Å²) < 4.78 is 3.79. The van der Waals surface area contributed by atoms with Gasteiger partial charge in [-0.2, -0.15) is 0 Å². The van der Waals surface area contributed by atoms with E-state index in [0.717, 1.165) is 11.5 Å². The Bertz CT molecular complexity index is 987. The standard InChI is InChI=1S/C21H21ClN4O2S/c1-21(2,3)23-19(27)18(14-8-5-4-6-9-14)26(16-11-7-10-15(22)12-16)20(28)17-13-29-25-24-17/h4-13,18H,1-3H3,(H,23,27). The van der Waals surface area contributed by atoms with E-state index in [1.165, 1.54) is 4.90 Å². The van der Waals surface area contributed by atoms with E-state index in [-0.39, 0.29) is 11.6 Å². The van der Waals surface area contributed by atoms with E-state index >= 15 is 0 Å². The monoisotopic (exact) mass is 428 g/mol. The van der Waals surface area contributed by atoms with Gasteiger partial charge in [0.15, 0.2) is 5.69 Å². The number of hydrogen-bond donors (Lipinski definition) is 1. The highest BCUT2D eigenvalue weighted by atomic mass is 35.5. The first kappa shape index (κ1) is 21.0. The van der Waals surface area contributed by atoms with Gasteiger partial charge in [-0.3, -0.25) is 14.5 Å². The number of carbonyl (C=O) groups is 2. The van der Waals surface area contributed by atoms with Crippen molar-refractivity contribution in [2.45, 2.75) is 32.4 Å². The highest BCUT2D eigenvalue weighted by molar-refractivity contribution is 7.03. The van der Waals surface area contributed by atoms with E-state index in [1.807, 2.05) is 51.1 Å². The Kier molecular flexibility index (Phi) is 6.30. The van der Waals surface area contributed by atoms with Crippen LogP contribution in [0.25, 0.3) is 0 Å². The number of rotatable bonds is 5. The lowest BCUT2D eigenvalue weighted by Crippen LogP contribution is -2.49. The van der Waals surface area contributed by atoms with E-state index in [9.17, 15) is 9.59 Å². The zero-order valence-electron chi connectivity index (χ0n) is 16.3. The lowest BCUT2D eigenvalue weighted by atomic mass is 10.0. The summed E-state index contributed by atoms with van der Waals surface area (Å²) >= 11 is 7.27. The Morgan fingerprint density at radius 2 is 1.83 bits per heavy atom. The van der Waals surface area contributed by atoms with Gasteiger partial charge in [0, 0.05) is 21.6 Å². The summed E-state index contributed by atoms with van der Waals surface area (Å²) in [4.78, 5) is 28.2. The molecule has 2 amide bonds. The van der Waals surface area contributed by atoms with Crippen molar-refractivity contribution in [3.05, 3.63) is 76.3 Å². The number of anilines is 1. The Morgan fingerprint density at radius 1 is 1.10 bits per heavy atom. The quantitative estimate of drug-likeness (QED) is 0.649. The average Bonchev–Trinajstić information content (AvgIpc) is 3.19. The molecule has 6 nitrogen and oxygen atoms in total. The first-order chi connectivity index (χ1) is 13.8. The summed E-state index contributed by atoms with van der Waals surface area (Å²) in [6, 6.07) is 15.1. The van der Waals surface area contributed by atoms with Crippen LogP contribution >= 0.6 is 23.1 Å². The molecule has 1 heterocycles. The first-order valence-corrected chi connectivity index (χ1v) is 10.2. The maximum atomic E-state index is 13.4. The van der Waals surface area contributed by atoms with E-state index in [1.54, 1.807) is 29.6 Å². The fraction of sp³-hybridized carbons (Fsp3) is 0.238. The number of nitrogens with zero attached hydrogens (tertiary/aromatic N) is 3. The molecule has 1 aromatic heterocycles. The normalized spacial score (nSPS) is 12.3. The number of nitrogens with one attached hydrogen (secondary N) is 1. The van der Waals surface area contributed by atoms with E-state index in [0.29, 0.717) is 16.3 Å². The van der Waals surface area contributed by atoms with Crippen LogP contribution in [-0.4, -0.2) is 26.9 Å². The lowest BCUT2D eigenvalue weighted by Gasteiger charge is -2.33. The maximum absolute atomic E-state index is 13.4. The third kappa shape index (κ3) is 5.19. The second-order valence-electron chi connectivity index (χ2n) is 7.50. The molecule has 29 heavy (non-hydrogen) atoms. The molecule has 3 aromatic rings. The van der Waals surface area contributed by atoms with Crippen LogP contribution < -0.4 is 10.2 Å². The van der Waals surface area contributed by atoms with Gasteiger partial charge >= 0.3 is 0 Å². The molecule has 3 rings (SSSR count). The van der Waals surface area contributed by atoms with E-state index in [2.05, 4.69) is 14.9 Å². The fourth-order valence-corrected chi connectivity index (χ4v) is 3.50. The summed E-state index contributed by atoms with van der Waals surface area (Å²) in [5.41, 5.74) is 0.855. The third-order valence-corrected chi connectivity index (χ3v) is 4.74. The topological polar surface area (TPSA) is 75.2 Å². The first-order valence-electron chi connectivity index (χ1n) is 8.99. The summed E-state index contributed by atoms with van der Waals surface area (Å²) in [6.45, 7) is 5.68. The van der Waals surface area contributed by atoms with Crippen molar-refractivity contribution in [3.63, 3.8) is 0 Å². The molecule has 0 aliphatic carbocycles. The van der Waals surface area contributed by atoms with Crippen LogP contribution in [0.15, 0.2) is 60.0 Å². The average molecular weight is 429 g/mol. The Balaban J connectivity index is 2.16. The van der Waals surface area contributed by atoms with Gasteiger partial charge < -0.3 is 5.32 Å². The minimum atomic E-state index is -0.914. The molecule has 0 saturated heterocycles. The van der Waals surface area contributed by atoms with Crippen LogP contribution in [0.1, 0.15) is 42.9 Å². The summed E-state index contributed by atoms with van der Waals surface area (Å²) in [5, 5.41) is 8.91. The molecule has 0 fully saturated rings. The van der Waals surface area contributed by atoms with Crippen LogP contribution in [-0.2, 0) is 4.79 Å². The van der Waals surface area contributed by atoms with Crippen molar-refractivity contribution in [2.75, 3.05) is 4.90 Å². The van der Waals surface area contributed by atoms with Crippen molar-refractivity contribution >= 4 is 40.6 Å². The number of aromatic nitrogens is 2. The van der Waals surface area contributed by atoms with Gasteiger partial charge in [-0.15, -0.1) is 5.10 Å². The number of carbonyl (C=O) groups excluding carboxylic acids is 2. The number of hydrogen-bond acceptors (Lipinski definition) is 5. The summed E-state index contributed by atoms with van der Waals surface area (Å²) in [5.74, 6) is -0.737. The zero-order chi connectivity index (χ0) is 21.0. The van der Waals surface area contributed by atoms with Crippen molar-refractivity contribution in [1.29, 1.82) is 0 Å². The van der Waals surface area contributed by atoms with Gasteiger partial charge in [0.2, 0.25) is 5.91 Å². The van der Waals surface area contributed by atoms with Gasteiger partial charge in [0.1, 0.15) is 6.04 Å². The van der Waals surface area contributed by atoms with E-state index in [4.69, 9.17) is 11.6 Å². The maximum Gasteiger partial charge on any atom is 0.280 e. The van der Waals surface area contributed by atoms with Gasteiger partial charge in [-0.25, -0.2) is 0 Å². The number of halogens is 1. The molecule has 1 unspecified atom stereocenters. The number of benzene rings is 2. The van der Waals surface area contributed by atoms with Crippen LogP contribution in [0.2, 0.25) is 5.02 Å². The Labute approximate surface area is 178 Å². The molecule has 2 aromatic carbocycles. The number of amides is 2. The fourth-order valence-electron chi connectivity index (χ4n) is 2.88. The molecular formula is C21H21ClN4O2S. The SMILES string of the molecule is CC(C)(C)NC(=O)C(c1ccccc1)N(C(=O)c1csnn1)c1cccc(Cl)c1. The molecule has 0 aliphatic heterocycles. The minimum Gasteiger partial charge on any atom is -0.349 e. The predicted octanol–water partition coefficient (Wildman–Crippen LogP) is 4.49. The molecule has 0 aliphatic rings. The van der Waals surface area contributed by atoms with Crippen LogP contribution in [0.5, 0.6) is 0 Å². The van der Waals surface area contributed by atoms with Gasteiger partial charge in [-0.05, 0) is 56.1 Å². The second-order valence-corrected chi connectivity index (χ2v) is 8.54. The molecule has 1 N–H and O–H groups in total. The Hall–Kier alpha value is -2.77. The van der Waals surface area contributed by atoms with Crippen LogP contribution in [0.3, 0.4) is 0 Å². The van der Waals surface area contributed by atoms with Gasteiger partial charge in [-0.1, -0.05) is 52.5 Å². The smallest absolute Gasteiger partial charge is 0.280 e. The van der Waals surface area contributed by atoms with Crippen LogP contribution in [0.4, 0.5) is 5.69 Å². The summed E-state index contributed by atoms with van der Waals surface area (Å²) in [7, 11) is 0. The van der Waals surface area contributed by atoms with Crippen molar-refractivity contribution in [3.8, 4) is 0 Å².